The molecule has 1 N–H and O–H groups in total. The number of aromatic nitrogens is 1. The summed E-state index contributed by atoms with van der Waals surface area (Å²) in [4.78, 5) is 0. The zero-order chi connectivity index (χ0) is 11.2. The molecule has 0 saturated heterocycles. The summed E-state index contributed by atoms with van der Waals surface area (Å²) in [6, 6.07) is 12.2. The summed E-state index contributed by atoms with van der Waals surface area (Å²) in [6.07, 6.45) is 2.38. The minimum absolute atomic E-state index is 0.104. The van der Waals surface area contributed by atoms with Crippen LogP contribution in [0.25, 0.3) is 0 Å². The normalized spacial score (nSPS) is 10.6. The molecule has 84 valence electrons. The Morgan fingerprint density at radius 3 is 2.62 bits per heavy atom. The van der Waals surface area contributed by atoms with E-state index in [-0.39, 0.29) is 6.61 Å². The van der Waals surface area contributed by atoms with Crippen LogP contribution in [0.2, 0.25) is 0 Å². The number of benzene rings is 1. The van der Waals surface area contributed by atoms with Crippen LogP contribution in [0, 0.1) is 0 Å². The third kappa shape index (κ3) is 2.94. The highest BCUT2D eigenvalue weighted by atomic mass is 16.5. The summed E-state index contributed by atoms with van der Waals surface area (Å²) >= 11 is 0. The lowest BCUT2D eigenvalue weighted by molar-refractivity contribution is 0.276. The third-order valence-corrected chi connectivity index (χ3v) is 2.48. The van der Waals surface area contributed by atoms with Crippen molar-refractivity contribution in [1.29, 1.82) is 0 Å². The Morgan fingerprint density at radius 1 is 1.06 bits per heavy atom. The van der Waals surface area contributed by atoms with Crippen LogP contribution in [-0.2, 0) is 19.3 Å². The summed E-state index contributed by atoms with van der Waals surface area (Å²) < 4.78 is 5.08. The van der Waals surface area contributed by atoms with Crippen LogP contribution in [-0.4, -0.2) is 16.9 Å². The Balaban J connectivity index is 1.89. The van der Waals surface area contributed by atoms with Gasteiger partial charge in [0.05, 0.1) is 12.3 Å². The van der Waals surface area contributed by atoms with Crippen molar-refractivity contribution in [1.82, 2.24) is 5.16 Å². The number of hydrogen-bond acceptors (Lipinski definition) is 3. The van der Waals surface area contributed by atoms with Crippen molar-refractivity contribution in [2.75, 3.05) is 6.61 Å². The summed E-state index contributed by atoms with van der Waals surface area (Å²) in [5.41, 5.74) is 2.25. The molecule has 1 heterocycles. The smallest absolute Gasteiger partial charge is 0.139 e. The van der Waals surface area contributed by atoms with E-state index in [0.717, 1.165) is 24.3 Å². The molecular weight excluding hydrogens is 202 g/mol. The van der Waals surface area contributed by atoms with Crippen molar-refractivity contribution in [3.8, 4) is 0 Å². The van der Waals surface area contributed by atoms with Crippen LogP contribution in [0.1, 0.15) is 17.0 Å². The second-order valence-electron chi connectivity index (χ2n) is 3.74. The van der Waals surface area contributed by atoms with Gasteiger partial charge in [-0.3, -0.25) is 0 Å². The Labute approximate surface area is 94.7 Å². The van der Waals surface area contributed by atoms with Gasteiger partial charge in [-0.25, -0.2) is 0 Å². The average Bonchev–Trinajstić information content (AvgIpc) is 2.76. The highest BCUT2D eigenvalue weighted by Crippen LogP contribution is 2.08. The molecule has 3 heteroatoms. The van der Waals surface area contributed by atoms with Gasteiger partial charge in [-0.05, 0) is 18.4 Å². The monoisotopic (exact) mass is 217 g/mol. The number of nitrogens with zero attached hydrogens (tertiary/aromatic N) is 1. The van der Waals surface area contributed by atoms with E-state index in [1.165, 1.54) is 5.56 Å². The first kappa shape index (κ1) is 10.9. The molecule has 0 fully saturated rings. The largest absolute Gasteiger partial charge is 0.396 e. The first-order chi connectivity index (χ1) is 7.88. The molecule has 1 aromatic heterocycles. The standard InChI is InChI=1S/C13H15NO2/c15-9-8-13-10-12(14-16-13)7-6-11-4-2-1-3-5-11/h1-5,10,15H,6-9H2. The van der Waals surface area contributed by atoms with Crippen LogP contribution in [0.4, 0.5) is 0 Å². The topological polar surface area (TPSA) is 46.3 Å². The molecule has 0 bridgehead atoms. The first-order valence-corrected chi connectivity index (χ1v) is 5.48. The molecule has 2 aromatic rings. The fourth-order valence-electron chi connectivity index (χ4n) is 1.62. The van der Waals surface area contributed by atoms with E-state index < -0.39 is 0 Å². The molecule has 1 aromatic carbocycles. The number of hydrogen-bond donors (Lipinski definition) is 1. The van der Waals surface area contributed by atoms with Crippen LogP contribution in [0.5, 0.6) is 0 Å². The molecular formula is C13H15NO2. The zero-order valence-electron chi connectivity index (χ0n) is 9.10. The minimum Gasteiger partial charge on any atom is -0.396 e. The van der Waals surface area contributed by atoms with Crippen molar-refractivity contribution in [3.05, 3.63) is 53.4 Å². The van der Waals surface area contributed by atoms with Gasteiger partial charge in [0.15, 0.2) is 0 Å². The van der Waals surface area contributed by atoms with Crippen molar-refractivity contribution >= 4 is 0 Å². The Kier molecular flexibility index (Phi) is 3.72. The first-order valence-electron chi connectivity index (χ1n) is 5.48. The summed E-state index contributed by atoms with van der Waals surface area (Å²) in [6.45, 7) is 0.104. The maximum atomic E-state index is 8.75. The molecule has 0 saturated carbocycles. The van der Waals surface area contributed by atoms with Gasteiger partial charge in [0.25, 0.3) is 0 Å². The van der Waals surface area contributed by atoms with E-state index >= 15 is 0 Å². The highest BCUT2D eigenvalue weighted by molar-refractivity contribution is 5.16. The Morgan fingerprint density at radius 2 is 1.88 bits per heavy atom. The molecule has 0 aliphatic heterocycles. The van der Waals surface area contributed by atoms with Gasteiger partial charge in [-0.1, -0.05) is 35.5 Å². The number of rotatable bonds is 5. The van der Waals surface area contributed by atoms with Crippen molar-refractivity contribution in [2.24, 2.45) is 0 Å². The van der Waals surface area contributed by atoms with Gasteiger partial charge in [-0.2, -0.15) is 0 Å². The predicted octanol–water partition coefficient (Wildman–Crippen LogP) is 1.99. The molecule has 0 aliphatic rings. The predicted molar refractivity (Wildman–Crippen MR) is 61.1 cm³/mol. The van der Waals surface area contributed by atoms with Crippen molar-refractivity contribution < 1.29 is 9.63 Å². The summed E-state index contributed by atoms with van der Waals surface area (Å²) in [5.74, 6) is 0.755. The SMILES string of the molecule is OCCc1cc(CCc2ccccc2)no1. The van der Waals surface area contributed by atoms with E-state index in [9.17, 15) is 0 Å². The Bertz CT molecular complexity index is 423. The molecule has 2 rings (SSSR count). The molecule has 16 heavy (non-hydrogen) atoms. The fraction of sp³-hybridized carbons (Fsp3) is 0.308. The zero-order valence-corrected chi connectivity index (χ0v) is 9.10. The minimum atomic E-state index is 0.104. The van der Waals surface area contributed by atoms with Gasteiger partial charge in [0.2, 0.25) is 0 Å². The number of aliphatic hydroxyl groups is 1. The van der Waals surface area contributed by atoms with Crippen LogP contribution < -0.4 is 0 Å². The number of aliphatic hydroxyl groups excluding tert-OH is 1. The van der Waals surface area contributed by atoms with E-state index in [0.29, 0.717) is 6.42 Å². The second kappa shape index (κ2) is 5.47. The third-order valence-electron chi connectivity index (χ3n) is 2.48. The molecule has 0 unspecified atom stereocenters. The van der Waals surface area contributed by atoms with Gasteiger partial charge >= 0.3 is 0 Å². The summed E-state index contributed by atoms with van der Waals surface area (Å²) in [7, 11) is 0. The lowest BCUT2D eigenvalue weighted by Gasteiger charge is -1.96. The van der Waals surface area contributed by atoms with Crippen LogP contribution >= 0.6 is 0 Å². The molecule has 0 aliphatic carbocycles. The Hall–Kier alpha value is -1.61. The molecule has 3 nitrogen and oxygen atoms in total. The molecule has 0 radical (unpaired) electrons. The molecule has 0 amide bonds. The van der Waals surface area contributed by atoms with Gasteiger partial charge in [0.1, 0.15) is 5.76 Å². The quantitative estimate of drug-likeness (QED) is 0.833. The van der Waals surface area contributed by atoms with E-state index in [2.05, 4.69) is 17.3 Å². The van der Waals surface area contributed by atoms with E-state index in [1.54, 1.807) is 0 Å². The highest BCUT2D eigenvalue weighted by Gasteiger charge is 2.03. The van der Waals surface area contributed by atoms with Gasteiger partial charge in [-0.15, -0.1) is 0 Å². The maximum absolute atomic E-state index is 8.75. The van der Waals surface area contributed by atoms with Crippen molar-refractivity contribution in [3.63, 3.8) is 0 Å². The van der Waals surface area contributed by atoms with E-state index in [1.807, 2.05) is 24.3 Å². The van der Waals surface area contributed by atoms with E-state index in [4.69, 9.17) is 9.63 Å². The molecule has 0 atom stereocenters. The lowest BCUT2D eigenvalue weighted by atomic mass is 10.1. The average molecular weight is 217 g/mol. The lowest BCUT2D eigenvalue weighted by Crippen LogP contribution is -1.91. The van der Waals surface area contributed by atoms with Gasteiger partial charge in [0, 0.05) is 12.5 Å². The fourth-order valence-corrected chi connectivity index (χ4v) is 1.62. The molecule has 0 spiro atoms. The van der Waals surface area contributed by atoms with Crippen LogP contribution in [0.15, 0.2) is 40.9 Å². The summed E-state index contributed by atoms with van der Waals surface area (Å²) in [5, 5.41) is 12.7. The number of aryl methyl sites for hydroxylation is 2. The second-order valence-corrected chi connectivity index (χ2v) is 3.74. The van der Waals surface area contributed by atoms with Crippen molar-refractivity contribution in [2.45, 2.75) is 19.3 Å². The van der Waals surface area contributed by atoms with Gasteiger partial charge < -0.3 is 9.63 Å². The van der Waals surface area contributed by atoms with Crippen LogP contribution in [0.3, 0.4) is 0 Å². The maximum Gasteiger partial charge on any atom is 0.139 e.